The Morgan fingerprint density at radius 3 is 2.51 bits per heavy atom. The van der Waals surface area contributed by atoms with Crippen LogP contribution < -0.4 is 4.90 Å². The minimum atomic E-state index is -0.729. The molecule has 2 atom stereocenters. The van der Waals surface area contributed by atoms with E-state index < -0.39 is 6.10 Å². The van der Waals surface area contributed by atoms with Crippen molar-refractivity contribution >= 4 is 17.5 Å². The van der Waals surface area contributed by atoms with Crippen molar-refractivity contribution in [3.05, 3.63) is 89.5 Å². The van der Waals surface area contributed by atoms with Crippen molar-refractivity contribution in [3.63, 3.8) is 0 Å². The molecule has 2 aromatic carbocycles. The van der Waals surface area contributed by atoms with Crippen molar-refractivity contribution < 1.29 is 14.3 Å². The molecule has 2 aliphatic rings. The second kappa shape index (κ2) is 11.0. The second-order valence-corrected chi connectivity index (χ2v) is 11.3. The van der Waals surface area contributed by atoms with Gasteiger partial charge in [0.1, 0.15) is 0 Å². The van der Waals surface area contributed by atoms with E-state index in [4.69, 9.17) is 9.84 Å². The number of benzene rings is 2. The number of para-hydroxylation sites is 1. The summed E-state index contributed by atoms with van der Waals surface area (Å²) >= 11 is 0. The van der Waals surface area contributed by atoms with Gasteiger partial charge in [-0.15, -0.1) is 0 Å². The molecular formula is C32H36N6O3. The summed E-state index contributed by atoms with van der Waals surface area (Å²) in [5.41, 5.74) is 6.51. The quantitative estimate of drug-likeness (QED) is 0.348. The number of rotatable bonds is 6. The molecule has 2 aliphatic heterocycles. The predicted molar refractivity (Wildman–Crippen MR) is 156 cm³/mol. The number of fused-ring (bicyclic) bond motifs is 2. The summed E-state index contributed by atoms with van der Waals surface area (Å²) in [5, 5.41) is 8.93. The summed E-state index contributed by atoms with van der Waals surface area (Å²) in [6.07, 6.45) is 6.60. The monoisotopic (exact) mass is 552 g/mol. The first-order valence-corrected chi connectivity index (χ1v) is 14.2. The van der Waals surface area contributed by atoms with Gasteiger partial charge in [-0.1, -0.05) is 44.2 Å². The number of methoxy groups -OCH3 is 1. The second-order valence-electron chi connectivity index (χ2n) is 11.3. The normalized spacial score (nSPS) is 17.3. The van der Waals surface area contributed by atoms with E-state index >= 15 is 0 Å². The number of ether oxygens (including phenoxy) is 1. The molecule has 0 saturated carbocycles. The van der Waals surface area contributed by atoms with Crippen LogP contribution in [-0.2, 0) is 36.1 Å². The number of carbonyl (C=O) groups is 2. The number of aromatic nitrogens is 4. The Kier molecular flexibility index (Phi) is 7.21. The Morgan fingerprint density at radius 2 is 1.80 bits per heavy atom. The molecule has 0 saturated heterocycles. The third kappa shape index (κ3) is 4.95. The maximum atomic E-state index is 13.9. The highest BCUT2D eigenvalue weighted by Crippen LogP contribution is 2.34. The Bertz CT molecular complexity index is 1570. The van der Waals surface area contributed by atoms with E-state index in [9.17, 15) is 9.59 Å². The summed E-state index contributed by atoms with van der Waals surface area (Å²) in [6, 6.07) is 15.9. The summed E-state index contributed by atoms with van der Waals surface area (Å²) < 4.78 is 9.37. The smallest absolute Gasteiger partial charge is 0.258 e. The van der Waals surface area contributed by atoms with E-state index in [1.54, 1.807) is 18.0 Å². The Balaban J connectivity index is 1.26. The molecule has 0 N–H and O–H groups in total. The Hall–Kier alpha value is -4.24. The molecule has 0 unspecified atom stereocenters. The van der Waals surface area contributed by atoms with Crippen LogP contribution in [0.15, 0.2) is 67.1 Å². The molecule has 0 aliphatic carbocycles. The van der Waals surface area contributed by atoms with Crippen LogP contribution in [0.2, 0.25) is 0 Å². The fraction of sp³-hybridized carbons (Fsp3) is 0.375. The van der Waals surface area contributed by atoms with E-state index in [2.05, 4.69) is 25.0 Å². The SMILES string of the molecule is CO[C@H](C(=O)N1Cc2c(-c3ccc(C(=O)N4CCCc5ccccc54)cc3)cnn2C[C@H]1C(C)C)c1cnn(C)c1. The average molecular weight is 553 g/mol. The van der Waals surface area contributed by atoms with Crippen molar-refractivity contribution in [1.29, 1.82) is 0 Å². The fourth-order valence-electron chi connectivity index (χ4n) is 6.14. The van der Waals surface area contributed by atoms with Gasteiger partial charge in [0.05, 0.1) is 37.2 Å². The maximum absolute atomic E-state index is 13.9. The Morgan fingerprint density at radius 1 is 1.02 bits per heavy atom. The zero-order valence-electron chi connectivity index (χ0n) is 24.0. The highest BCUT2D eigenvalue weighted by Gasteiger charge is 2.38. The zero-order valence-corrected chi connectivity index (χ0v) is 24.0. The number of nitrogens with zero attached hydrogens (tertiary/aromatic N) is 6. The molecule has 0 bridgehead atoms. The van der Waals surface area contributed by atoms with Gasteiger partial charge < -0.3 is 14.5 Å². The lowest BCUT2D eigenvalue weighted by molar-refractivity contribution is -0.148. The van der Waals surface area contributed by atoms with Gasteiger partial charge in [-0.25, -0.2) is 0 Å². The largest absolute Gasteiger partial charge is 0.367 e. The van der Waals surface area contributed by atoms with E-state index in [1.165, 1.54) is 5.56 Å². The highest BCUT2D eigenvalue weighted by atomic mass is 16.5. The number of aryl methyl sites for hydroxylation is 2. The molecule has 0 radical (unpaired) electrons. The predicted octanol–water partition coefficient (Wildman–Crippen LogP) is 4.63. The van der Waals surface area contributed by atoms with Crippen LogP contribution in [0.4, 0.5) is 5.69 Å². The minimum absolute atomic E-state index is 0.0123. The van der Waals surface area contributed by atoms with Crippen LogP contribution in [0, 0.1) is 5.92 Å². The summed E-state index contributed by atoms with van der Waals surface area (Å²) in [7, 11) is 3.39. The molecule has 41 heavy (non-hydrogen) atoms. The molecule has 9 heteroatoms. The van der Waals surface area contributed by atoms with Gasteiger partial charge in [-0.05, 0) is 48.1 Å². The van der Waals surface area contributed by atoms with Gasteiger partial charge in [-0.2, -0.15) is 10.2 Å². The summed E-state index contributed by atoms with van der Waals surface area (Å²) in [5.74, 6) is 0.162. The number of hydrogen-bond acceptors (Lipinski definition) is 5. The highest BCUT2D eigenvalue weighted by molar-refractivity contribution is 6.07. The van der Waals surface area contributed by atoms with Crippen LogP contribution in [0.5, 0.6) is 0 Å². The van der Waals surface area contributed by atoms with Crippen LogP contribution in [0.3, 0.4) is 0 Å². The fourth-order valence-corrected chi connectivity index (χ4v) is 6.14. The molecule has 2 amide bonds. The average Bonchev–Trinajstić information content (AvgIpc) is 3.62. The lowest BCUT2D eigenvalue weighted by Gasteiger charge is -2.40. The van der Waals surface area contributed by atoms with Crippen LogP contribution in [0.1, 0.15) is 53.6 Å². The summed E-state index contributed by atoms with van der Waals surface area (Å²) in [6.45, 7) is 6.00. The van der Waals surface area contributed by atoms with Crippen molar-refractivity contribution in [1.82, 2.24) is 24.5 Å². The van der Waals surface area contributed by atoms with Gasteiger partial charge in [0, 0.05) is 49.3 Å². The maximum Gasteiger partial charge on any atom is 0.258 e. The number of amides is 2. The molecular weight excluding hydrogens is 516 g/mol. The van der Waals surface area contributed by atoms with Crippen molar-refractivity contribution in [2.45, 2.75) is 51.9 Å². The third-order valence-corrected chi connectivity index (χ3v) is 8.37. The number of hydrogen-bond donors (Lipinski definition) is 0. The molecule has 0 spiro atoms. The molecule has 4 heterocycles. The van der Waals surface area contributed by atoms with Crippen LogP contribution in [0.25, 0.3) is 11.1 Å². The third-order valence-electron chi connectivity index (χ3n) is 8.37. The molecule has 6 rings (SSSR count). The summed E-state index contributed by atoms with van der Waals surface area (Å²) in [4.78, 5) is 31.2. The molecule has 2 aromatic heterocycles. The standard InChI is InChI=1S/C32H36N6O3/c1-21(2)28-20-38-29(19-37(28)32(40)30(41-4)25-16-33-35(3)18-25)26(17-34-38)22-11-13-24(14-12-22)31(39)36-15-7-9-23-8-5-6-10-27(23)36/h5-6,8,10-14,16-18,21,28,30H,7,9,15,19-20H2,1-4H3/t28-,30-/m0/s1. The molecule has 212 valence electrons. The van der Waals surface area contributed by atoms with Gasteiger partial charge in [0.2, 0.25) is 0 Å². The molecule has 9 nitrogen and oxygen atoms in total. The van der Waals surface area contributed by atoms with E-state index in [-0.39, 0.29) is 23.8 Å². The zero-order chi connectivity index (χ0) is 28.7. The Labute approximate surface area is 240 Å². The van der Waals surface area contributed by atoms with Crippen molar-refractivity contribution in [3.8, 4) is 11.1 Å². The first-order chi connectivity index (χ1) is 19.9. The first kappa shape index (κ1) is 27.0. The lowest BCUT2D eigenvalue weighted by atomic mass is 9.96. The number of carbonyl (C=O) groups excluding carboxylic acids is 2. The van der Waals surface area contributed by atoms with Gasteiger partial charge in [-0.3, -0.25) is 19.0 Å². The topological polar surface area (TPSA) is 85.5 Å². The van der Waals surface area contributed by atoms with E-state index in [1.807, 2.05) is 76.4 Å². The molecule has 0 fully saturated rings. The van der Waals surface area contributed by atoms with Gasteiger partial charge in [0.25, 0.3) is 11.8 Å². The minimum Gasteiger partial charge on any atom is -0.367 e. The van der Waals surface area contributed by atoms with Crippen molar-refractivity contribution in [2.24, 2.45) is 13.0 Å². The first-order valence-electron chi connectivity index (χ1n) is 14.2. The van der Waals surface area contributed by atoms with Gasteiger partial charge >= 0.3 is 0 Å². The number of anilines is 1. The lowest BCUT2D eigenvalue weighted by Crippen LogP contribution is -2.50. The molecule has 4 aromatic rings. The van der Waals surface area contributed by atoms with Crippen LogP contribution in [-0.4, -0.2) is 56.0 Å². The van der Waals surface area contributed by atoms with E-state index in [0.717, 1.165) is 47.5 Å². The van der Waals surface area contributed by atoms with E-state index in [0.29, 0.717) is 18.7 Å². The van der Waals surface area contributed by atoms with Crippen molar-refractivity contribution in [2.75, 3.05) is 18.6 Å². The van der Waals surface area contributed by atoms with Crippen LogP contribution >= 0.6 is 0 Å². The van der Waals surface area contributed by atoms with Gasteiger partial charge in [0.15, 0.2) is 6.10 Å².